The fraction of sp³-hybridized carbons (Fsp3) is 0.250. The molecule has 3 heteroatoms. The number of aryl methyl sites for hydroxylation is 1. The summed E-state index contributed by atoms with van der Waals surface area (Å²) in [6, 6.07) is 16.0. The van der Waals surface area contributed by atoms with Crippen LogP contribution in [0.15, 0.2) is 53.0 Å². The van der Waals surface area contributed by atoms with Crippen molar-refractivity contribution in [3.63, 3.8) is 0 Å². The molecule has 2 unspecified atom stereocenters. The van der Waals surface area contributed by atoms with Crippen LogP contribution in [0.3, 0.4) is 0 Å². The second-order valence-electron chi connectivity index (χ2n) is 4.77. The van der Waals surface area contributed by atoms with Crippen LogP contribution < -0.4 is 10.5 Å². The molecule has 2 aromatic rings. The maximum atomic E-state index is 6.06. The SMILES string of the molecule is Cc1ccc(C(Oc2cccc(Br)c2)C(C)N)cc1. The summed E-state index contributed by atoms with van der Waals surface area (Å²) >= 11 is 3.44. The topological polar surface area (TPSA) is 35.2 Å². The van der Waals surface area contributed by atoms with Gasteiger partial charge in [-0.25, -0.2) is 0 Å². The minimum Gasteiger partial charge on any atom is -0.484 e. The average molecular weight is 320 g/mol. The molecule has 0 saturated heterocycles. The van der Waals surface area contributed by atoms with Crippen LogP contribution in [0.2, 0.25) is 0 Å². The van der Waals surface area contributed by atoms with Crippen molar-refractivity contribution < 1.29 is 4.74 Å². The Bertz CT molecular complexity index is 537. The van der Waals surface area contributed by atoms with Gasteiger partial charge in [0.1, 0.15) is 11.9 Å². The van der Waals surface area contributed by atoms with Crippen molar-refractivity contribution in [2.75, 3.05) is 0 Å². The molecule has 19 heavy (non-hydrogen) atoms. The maximum absolute atomic E-state index is 6.06. The predicted octanol–water partition coefficient (Wildman–Crippen LogP) is 4.22. The largest absolute Gasteiger partial charge is 0.484 e. The fourth-order valence-corrected chi connectivity index (χ4v) is 2.30. The Kier molecular flexibility index (Phi) is 4.61. The first-order valence-electron chi connectivity index (χ1n) is 6.30. The number of nitrogens with two attached hydrogens (primary N) is 1. The van der Waals surface area contributed by atoms with Crippen molar-refractivity contribution in [2.45, 2.75) is 26.0 Å². The molecule has 0 spiro atoms. The van der Waals surface area contributed by atoms with Gasteiger partial charge in [0.2, 0.25) is 0 Å². The van der Waals surface area contributed by atoms with E-state index in [4.69, 9.17) is 10.5 Å². The summed E-state index contributed by atoms with van der Waals surface area (Å²) in [5.41, 5.74) is 8.38. The quantitative estimate of drug-likeness (QED) is 0.915. The van der Waals surface area contributed by atoms with E-state index in [0.29, 0.717) is 0 Å². The Morgan fingerprint density at radius 2 is 1.79 bits per heavy atom. The Hall–Kier alpha value is -1.32. The molecule has 2 aromatic carbocycles. The third kappa shape index (κ3) is 3.82. The van der Waals surface area contributed by atoms with Gasteiger partial charge < -0.3 is 10.5 Å². The molecule has 2 nitrogen and oxygen atoms in total. The second kappa shape index (κ2) is 6.22. The highest BCUT2D eigenvalue weighted by molar-refractivity contribution is 9.10. The predicted molar refractivity (Wildman–Crippen MR) is 82.3 cm³/mol. The molecule has 100 valence electrons. The molecule has 0 radical (unpaired) electrons. The molecule has 0 saturated carbocycles. The van der Waals surface area contributed by atoms with Crippen LogP contribution in [0.1, 0.15) is 24.2 Å². The number of benzene rings is 2. The first-order valence-corrected chi connectivity index (χ1v) is 7.10. The van der Waals surface area contributed by atoms with Crippen LogP contribution in [-0.2, 0) is 0 Å². The molecule has 0 aliphatic rings. The van der Waals surface area contributed by atoms with E-state index in [2.05, 4.69) is 47.1 Å². The number of ether oxygens (including phenoxy) is 1. The summed E-state index contributed by atoms with van der Waals surface area (Å²) in [6.45, 7) is 4.03. The first kappa shape index (κ1) is 14.1. The number of halogens is 1. The van der Waals surface area contributed by atoms with Gasteiger partial charge in [-0.2, -0.15) is 0 Å². The Morgan fingerprint density at radius 3 is 2.37 bits per heavy atom. The van der Waals surface area contributed by atoms with E-state index in [-0.39, 0.29) is 12.1 Å². The van der Waals surface area contributed by atoms with Gasteiger partial charge in [0.15, 0.2) is 0 Å². The lowest BCUT2D eigenvalue weighted by Crippen LogP contribution is -2.29. The van der Waals surface area contributed by atoms with Crippen molar-refractivity contribution in [3.05, 3.63) is 64.1 Å². The zero-order valence-corrected chi connectivity index (χ0v) is 12.7. The monoisotopic (exact) mass is 319 g/mol. The summed E-state index contributed by atoms with van der Waals surface area (Å²) in [5.74, 6) is 0.817. The molecule has 0 aliphatic heterocycles. The van der Waals surface area contributed by atoms with E-state index in [1.807, 2.05) is 31.2 Å². The highest BCUT2D eigenvalue weighted by Gasteiger charge is 2.18. The zero-order valence-electron chi connectivity index (χ0n) is 11.1. The summed E-state index contributed by atoms with van der Waals surface area (Å²) in [5, 5.41) is 0. The summed E-state index contributed by atoms with van der Waals surface area (Å²) in [4.78, 5) is 0. The molecule has 0 heterocycles. The van der Waals surface area contributed by atoms with Crippen molar-refractivity contribution in [2.24, 2.45) is 5.73 Å². The average Bonchev–Trinajstić information content (AvgIpc) is 2.37. The summed E-state index contributed by atoms with van der Waals surface area (Å²) in [7, 11) is 0. The molecule has 2 atom stereocenters. The molecule has 0 bridgehead atoms. The van der Waals surface area contributed by atoms with Gasteiger partial charge in [0.05, 0.1) is 0 Å². The van der Waals surface area contributed by atoms with Crippen LogP contribution in [-0.4, -0.2) is 6.04 Å². The molecule has 0 fully saturated rings. The fourth-order valence-electron chi connectivity index (χ4n) is 1.92. The van der Waals surface area contributed by atoms with Crippen molar-refractivity contribution in [1.82, 2.24) is 0 Å². The van der Waals surface area contributed by atoms with Crippen molar-refractivity contribution >= 4 is 15.9 Å². The summed E-state index contributed by atoms with van der Waals surface area (Å²) < 4.78 is 7.03. The smallest absolute Gasteiger partial charge is 0.138 e. The molecule has 0 amide bonds. The standard InChI is InChI=1S/C16H18BrNO/c1-11-6-8-13(9-7-11)16(12(2)18)19-15-5-3-4-14(17)10-15/h3-10,12,16H,18H2,1-2H3. The van der Waals surface area contributed by atoms with Crippen LogP contribution in [0, 0.1) is 6.92 Å². The molecular weight excluding hydrogens is 302 g/mol. The lowest BCUT2D eigenvalue weighted by molar-refractivity contribution is 0.180. The van der Waals surface area contributed by atoms with E-state index >= 15 is 0 Å². The molecule has 2 N–H and O–H groups in total. The third-order valence-corrected chi connectivity index (χ3v) is 3.44. The van der Waals surface area contributed by atoms with E-state index in [1.165, 1.54) is 5.56 Å². The van der Waals surface area contributed by atoms with Crippen molar-refractivity contribution in [3.8, 4) is 5.75 Å². The zero-order chi connectivity index (χ0) is 13.8. The minimum atomic E-state index is -0.144. The van der Waals surface area contributed by atoms with Crippen LogP contribution in [0.4, 0.5) is 0 Å². The minimum absolute atomic E-state index is 0.0818. The van der Waals surface area contributed by atoms with Gasteiger partial charge in [-0.3, -0.25) is 0 Å². The highest BCUT2D eigenvalue weighted by atomic mass is 79.9. The van der Waals surface area contributed by atoms with Crippen LogP contribution in [0.25, 0.3) is 0 Å². The van der Waals surface area contributed by atoms with E-state index < -0.39 is 0 Å². The van der Waals surface area contributed by atoms with Gasteiger partial charge in [0, 0.05) is 10.5 Å². The number of hydrogen-bond acceptors (Lipinski definition) is 2. The summed E-state index contributed by atoms with van der Waals surface area (Å²) in [6.07, 6.45) is -0.144. The number of rotatable bonds is 4. The molecule has 0 aromatic heterocycles. The van der Waals surface area contributed by atoms with Crippen LogP contribution in [0.5, 0.6) is 5.75 Å². The second-order valence-corrected chi connectivity index (χ2v) is 5.68. The first-order chi connectivity index (χ1) is 9.06. The van der Waals surface area contributed by atoms with E-state index in [1.54, 1.807) is 0 Å². The Labute approximate surface area is 122 Å². The van der Waals surface area contributed by atoms with Crippen LogP contribution >= 0.6 is 15.9 Å². The normalized spacial score (nSPS) is 13.9. The lowest BCUT2D eigenvalue weighted by Gasteiger charge is -2.23. The number of hydrogen-bond donors (Lipinski definition) is 1. The Balaban J connectivity index is 2.23. The highest BCUT2D eigenvalue weighted by Crippen LogP contribution is 2.26. The van der Waals surface area contributed by atoms with Gasteiger partial charge in [-0.15, -0.1) is 0 Å². The van der Waals surface area contributed by atoms with Crippen molar-refractivity contribution in [1.29, 1.82) is 0 Å². The van der Waals surface area contributed by atoms with Gasteiger partial charge in [0.25, 0.3) is 0 Å². The van der Waals surface area contributed by atoms with E-state index in [9.17, 15) is 0 Å². The van der Waals surface area contributed by atoms with Gasteiger partial charge in [-0.1, -0.05) is 51.8 Å². The molecule has 0 aliphatic carbocycles. The van der Waals surface area contributed by atoms with E-state index in [0.717, 1.165) is 15.8 Å². The third-order valence-electron chi connectivity index (χ3n) is 2.94. The lowest BCUT2D eigenvalue weighted by atomic mass is 10.0. The molecule has 2 rings (SSSR count). The molecular formula is C16H18BrNO. The maximum Gasteiger partial charge on any atom is 0.138 e. The van der Waals surface area contributed by atoms with Gasteiger partial charge in [-0.05, 0) is 37.6 Å². The Morgan fingerprint density at radius 1 is 1.11 bits per heavy atom. The van der Waals surface area contributed by atoms with Gasteiger partial charge >= 0.3 is 0 Å².